The number of hydrogen-bond acceptors (Lipinski definition) is 7. The van der Waals surface area contributed by atoms with E-state index in [9.17, 15) is 9.59 Å². The third-order valence-electron chi connectivity index (χ3n) is 3.86. The smallest absolute Gasteiger partial charge is 0.333 e. The van der Waals surface area contributed by atoms with Gasteiger partial charge in [-0.3, -0.25) is 4.79 Å². The number of ether oxygens (including phenoxy) is 2. The number of aliphatic hydroxyl groups excluding tert-OH is 1. The highest BCUT2D eigenvalue weighted by Gasteiger charge is 2.27. The van der Waals surface area contributed by atoms with Crippen LogP contribution in [0.2, 0.25) is 0 Å². The van der Waals surface area contributed by atoms with Gasteiger partial charge in [-0.2, -0.15) is 0 Å². The first-order valence-corrected chi connectivity index (χ1v) is 8.39. The van der Waals surface area contributed by atoms with E-state index in [1.165, 1.54) is 0 Å². The molecule has 7 nitrogen and oxygen atoms in total. The van der Waals surface area contributed by atoms with Gasteiger partial charge in [0.05, 0.1) is 19.1 Å². The van der Waals surface area contributed by atoms with Gasteiger partial charge < -0.3 is 14.6 Å². The van der Waals surface area contributed by atoms with Gasteiger partial charge in [0.25, 0.3) is 0 Å². The van der Waals surface area contributed by atoms with E-state index < -0.39 is 5.97 Å². The molecule has 0 aromatic rings. The van der Waals surface area contributed by atoms with Gasteiger partial charge in [0.15, 0.2) is 0 Å². The third kappa shape index (κ3) is 8.42. The molecule has 1 aliphatic carbocycles. The molecule has 1 N–H and O–H groups in total. The fourth-order valence-corrected chi connectivity index (χ4v) is 2.41. The summed E-state index contributed by atoms with van der Waals surface area (Å²) in [6.45, 7) is 6.13. The van der Waals surface area contributed by atoms with Crippen molar-refractivity contribution in [3.05, 3.63) is 12.2 Å². The molecular formula is C17H28O7. The Morgan fingerprint density at radius 2 is 1.75 bits per heavy atom. The second kappa shape index (κ2) is 12.0. The molecule has 0 atom stereocenters. The quantitative estimate of drug-likeness (QED) is 0.201. The lowest BCUT2D eigenvalue weighted by molar-refractivity contribution is -0.305. The second-order valence-corrected chi connectivity index (χ2v) is 5.99. The van der Waals surface area contributed by atoms with Gasteiger partial charge in [-0.05, 0) is 38.5 Å². The fraction of sp³-hybridized carbons (Fsp3) is 0.765. The zero-order valence-electron chi connectivity index (χ0n) is 14.3. The van der Waals surface area contributed by atoms with E-state index in [4.69, 9.17) is 24.4 Å². The average Bonchev–Trinajstić information content (AvgIpc) is 2.58. The highest BCUT2D eigenvalue weighted by Crippen LogP contribution is 2.29. The molecule has 7 heteroatoms. The summed E-state index contributed by atoms with van der Waals surface area (Å²) >= 11 is 0. The Labute approximate surface area is 142 Å². The molecule has 0 spiro atoms. The van der Waals surface area contributed by atoms with Crippen LogP contribution in [0.5, 0.6) is 0 Å². The highest BCUT2D eigenvalue weighted by atomic mass is 17.2. The molecule has 0 unspecified atom stereocenters. The van der Waals surface area contributed by atoms with Crippen molar-refractivity contribution in [1.82, 2.24) is 0 Å². The van der Waals surface area contributed by atoms with E-state index in [-0.39, 0.29) is 38.3 Å². The molecule has 138 valence electrons. The van der Waals surface area contributed by atoms with E-state index >= 15 is 0 Å². The molecule has 1 aliphatic rings. The minimum absolute atomic E-state index is 0.0315. The fourth-order valence-electron chi connectivity index (χ4n) is 2.41. The normalized spacial score (nSPS) is 20.4. The summed E-state index contributed by atoms with van der Waals surface area (Å²) in [7, 11) is 0. The second-order valence-electron chi connectivity index (χ2n) is 5.99. The molecule has 0 bridgehead atoms. The van der Waals surface area contributed by atoms with Crippen LogP contribution >= 0.6 is 0 Å². The van der Waals surface area contributed by atoms with Crippen LogP contribution in [-0.2, 0) is 28.8 Å². The standard InChI is InChI=1S/C17H28O7/c1-13(2)16(19)22-10-11-23-24-12-14-4-6-15(7-5-14)17(20)21-9-3-8-18/h14-15,18H,1,3-12H2,2H3. The lowest BCUT2D eigenvalue weighted by atomic mass is 9.82. The zero-order valence-corrected chi connectivity index (χ0v) is 14.3. The van der Waals surface area contributed by atoms with Crippen molar-refractivity contribution in [2.45, 2.75) is 39.0 Å². The number of carbonyl (C=O) groups excluding carboxylic acids is 2. The van der Waals surface area contributed by atoms with Gasteiger partial charge in [-0.25, -0.2) is 14.6 Å². The van der Waals surface area contributed by atoms with Crippen molar-refractivity contribution < 1.29 is 33.9 Å². The van der Waals surface area contributed by atoms with Crippen molar-refractivity contribution in [2.75, 3.05) is 33.0 Å². The van der Waals surface area contributed by atoms with Crippen molar-refractivity contribution >= 4 is 11.9 Å². The summed E-state index contributed by atoms with van der Waals surface area (Å²) in [5.41, 5.74) is 0.350. The van der Waals surface area contributed by atoms with Crippen molar-refractivity contribution in [2.24, 2.45) is 11.8 Å². The minimum Gasteiger partial charge on any atom is -0.465 e. The van der Waals surface area contributed by atoms with E-state index in [1.807, 2.05) is 0 Å². The summed E-state index contributed by atoms with van der Waals surface area (Å²) < 4.78 is 9.98. The Kier molecular flexibility index (Phi) is 10.3. The van der Waals surface area contributed by atoms with Crippen molar-refractivity contribution in [1.29, 1.82) is 0 Å². The number of aliphatic hydroxyl groups is 1. The van der Waals surface area contributed by atoms with Gasteiger partial charge in [0, 0.05) is 18.6 Å². The van der Waals surface area contributed by atoms with Crippen molar-refractivity contribution in [3.63, 3.8) is 0 Å². The maximum atomic E-state index is 11.8. The molecule has 0 aromatic carbocycles. The summed E-state index contributed by atoms with van der Waals surface area (Å²) in [4.78, 5) is 33.0. The van der Waals surface area contributed by atoms with E-state index in [2.05, 4.69) is 6.58 Å². The van der Waals surface area contributed by atoms with Crippen molar-refractivity contribution in [3.8, 4) is 0 Å². The zero-order chi connectivity index (χ0) is 17.8. The predicted molar refractivity (Wildman–Crippen MR) is 85.8 cm³/mol. The Bertz CT molecular complexity index is 400. The number of carbonyl (C=O) groups is 2. The lowest BCUT2D eigenvalue weighted by Crippen LogP contribution is -2.26. The third-order valence-corrected chi connectivity index (χ3v) is 3.86. The summed E-state index contributed by atoms with van der Waals surface area (Å²) in [5, 5.41) is 8.67. The number of esters is 2. The Balaban J connectivity index is 2.03. The Morgan fingerprint density at radius 3 is 2.38 bits per heavy atom. The monoisotopic (exact) mass is 344 g/mol. The van der Waals surface area contributed by atoms with E-state index in [0.717, 1.165) is 25.7 Å². The SMILES string of the molecule is C=C(C)C(=O)OCCOOCC1CCC(C(=O)OCCCO)CC1. The largest absolute Gasteiger partial charge is 0.465 e. The molecule has 0 radical (unpaired) electrons. The number of hydrogen-bond donors (Lipinski definition) is 1. The van der Waals surface area contributed by atoms with Crippen LogP contribution in [0.4, 0.5) is 0 Å². The first-order chi connectivity index (χ1) is 11.5. The van der Waals surface area contributed by atoms with Gasteiger partial charge in [-0.15, -0.1) is 0 Å². The highest BCUT2D eigenvalue weighted by molar-refractivity contribution is 5.86. The molecule has 0 amide bonds. The Morgan fingerprint density at radius 1 is 1.04 bits per heavy atom. The molecule has 0 heterocycles. The molecule has 0 aromatic heterocycles. The van der Waals surface area contributed by atoms with Gasteiger partial charge in [0.1, 0.15) is 13.2 Å². The summed E-state index contributed by atoms with van der Waals surface area (Å²) in [6, 6.07) is 0. The summed E-state index contributed by atoms with van der Waals surface area (Å²) in [5.74, 6) is -0.312. The van der Waals surface area contributed by atoms with Gasteiger partial charge in [0.2, 0.25) is 0 Å². The Hall–Kier alpha value is -1.44. The predicted octanol–water partition coefficient (Wildman–Crippen LogP) is 1.79. The van der Waals surface area contributed by atoms with Crippen LogP contribution in [0.1, 0.15) is 39.0 Å². The van der Waals surface area contributed by atoms with E-state index in [1.54, 1.807) is 6.92 Å². The molecule has 1 saturated carbocycles. The summed E-state index contributed by atoms with van der Waals surface area (Å²) in [6.07, 6.45) is 3.81. The van der Waals surface area contributed by atoms with Crippen LogP contribution in [0, 0.1) is 11.8 Å². The van der Waals surface area contributed by atoms with Gasteiger partial charge >= 0.3 is 11.9 Å². The van der Waals surface area contributed by atoms with Crippen LogP contribution in [-0.4, -0.2) is 50.1 Å². The topological polar surface area (TPSA) is 91.3 Å². The van der Waals surface area contributed by atoms with Crippen LogP contribution in [0.3, 0.4) is 0 Å². The van der Waals surface area contributed by atoms with Crippen LogP contribution in [0.25, 0.3) is 0 Å². The van der Waals surface area contributed by atoms with E-state index in [0.29, 0.717) is 24.5 Å². The average molecular weight is 344 g/mol. The molecule has 0 saturated heterocycles. The maximum absolute atomic E-state index is 11.8. The molecular weight excluding hydrogens is 316 g/mol. The van der Waals surface area contributed by atoms with Gasteiger partial charge in [-0.1, -0.05) is 6.58 Å². The maximum Gasteiger partial charge on any atom is 0.333 e. The van der Waals surface area contributed by atoms with Crippen LogP contribution in [0.15, 0.2) is 12.2 Å². The minimum atomic E-state index is -0.442. The first kappa shape index (κ1) is 20.6. The first-order valence-electron chi connectivity index (χ1n) is 8.39. The molecule has 0 aliphatic heterocycles. The molecule has 24 heavy (non-hydrogen) atoms. The molecule has 1 fully saturated rings. The number of rotatable bonds is 11. The lowest BCUT2D eigenvalue weighted by Gasteiger charge is -2.26. The molecule has 1 rings (SSSR count). The van der Waals surface area contributed by atoms with Crippen LogP contribution < -0.4 is 0 Å².